The van der Waals surface area contributed by atoms with Crippen molar-refractivity contribution >= 4 is 17.7 Å². The highest BCUT2D eigenvalue weighted by Gasteiger charge is 2.26. The van der Waals surface area contributed by atoms with Gasteiger partial charge in [0.25, 0.3) is 5.91 Å². The summed E-state index contributed by atoms with van der Waals surface area (Å²) in [5.74, 6) is -0.490. The number of nitrogens with zero attached hydrogens (tertiary/aromatic N) is 1. The molecule has 0 aliphatic carbocycles. The van der Waals surface area contributed by atoms with E-state index in [0.717, 1.165) is 0 Å². The Labute approximate surface area is 174 Å². The predicted molar refractivity (Wildman–Crippen MR) is 110 cm³/mol. The minimum absolute atomic E-state index is 0.152. The Balaban J connectivity index is 1.88. The molecule has 1 aromatic carbocycles. The predicted octanol–water partition coefficient (Wildman–Crippen LogP) is 3.93. The average molecular weight is 408 g/mol. The van der Waals surface area contributed by atoms with Crippen molar-refractivity contribution in [2.75, 3.05) is 13.2 Å². The van der Waals surface area contributed by atoms with Gasteiger partial charge in [-0.3, -0.25) is 9.59 Å². The highest BCUT2D eigenvalue weighted by Crippen LogP contribution is 2.21. The van der Waals surface area contributed by atoms with Crippen molar-refractivity contribution in [2.45, 2.75) is 27.3 Å². The molecule has 2 heterocycles. The molecule has 0 aliphatic heterocycles. The first-order valence-electron chi connectivity index (χ1n) is 9.68. The smallest absolute Gasteiger partial charge is 0.355 e. The number of Topliss-reactive ketones (excluding diaryl/α,β-unsaturated/α-hetero) is 1. The molecule has 3 aromatic rings. The molecule has 0 saturated heterocycles. The number of carbonyl (C=O) groups excluding carboxylic acids is 3. The van der Waals surface area contributed by atoms with Crippen LogP contribution < -0.4 is 0 Å². The number of furan rings is 1. The number of esters is 1. The van der Waals surface area contributed by atoms with E-state index in [9.17, 15) is 14.4 Å². The minimum atomic E-state index is -0.509. The van der Waals surface area contributed by atoms with Gasteiger partial charge in [0, 0.05) is 16.8 Å². The Kier molecular flexibility index (Phi) is 6.51. The summed E-state index contributed by atoms with van der Waals surface area (Å²) < 4.78 is 10.4. The van der Waals surface area contributed by atoms with Gasteiger partial charge >= 0.3 is 5.97 Å². The van der Waals surface area contributed by atoms with Crippen molar-refractivity contribution in [1.82, 2.24) is 9.88 Å². The molecule has 0 fully saturated rings. The van der Waals surface area contributed by atoms with Crippen molar-refractivity contribution in [3.8, 4) is 0 Å². The number of ether oxygens (including phenoxy) is 1. The van der Waals surface area contributed by atoms with E-state index in [2.05, 4.69) is 4.98 Å². The Morgan fingerprint density at radius 2 is 1.80 bits per heavy atom. The molecule has 0 spiro atoms. The number of amides is 1. The van der Waals surface area contributed by atoms with Crippen LogP contribution in [0.25, 0.3) is 0 Å². The lowest BCUT2D eigenvalue weighted by Crippen LogP contribution is -2.35. The lowest BCUT2D eigenvalue weighted by Gasteiger charge is -2.21. The first-order valence-corrected chi connectivity index (χ1v) is 9.68. The summed E-state index contributed by atoms with van der Waals surface area (Å²) in [5, 5.41) is 0. The molecule has 156 valence electrons. The van der Waals surface area contributed by atoms with Crippen LogP contribution in [0.2, 0.25) is 0 Å². The Hall–Kier alpha value is -3.61. The molecule has 0 bridgehead atoms. The fraction of sp³-hybridized carbons (Fsp3) is 0.261. The lowest BCUT2D eigenvalue weighted by molar-refractivity contribution is 0.0519. The molecule has 7 nitrogen and oxygen atoms in total. The van der Waals surface area contributed by atoms with Crippen molar-refractivity contribution in [1.29, 1.82) is 0 Å². The average Bonchev–Trinajstić information content (AvgIpc) is 3.35. The highest BCUT2D eigenvalue weighted by atomic mass is 16.5. The van der Waals surface area contributed by atoms with Crippen LogP contribution in [0, 0.1) is 13.8 Å². The van der Waals surface area contributed by atoms with Crippen molar-refractivity contribution in [3.63, 3.8) is 0 Å². The van der Waals surface area contributed by atoms with Gasteiger partial charge in [-0.15, -0.1) is 0 Å². The maximum atomic E-state index is 13.2. The molecule has 0 radical (unpaired) electrons. The van der Waals surface area contributed by atoms with Crippen LogP contribution in [0.4, 0.5) is 0 Å². The number of hydrogen-bond donors (Lipinski definition) is 1. The normalized spacial score (nSPS) is 10.6. The zero-order chi connectivity index (χ0) is 21.7. The van der Waals surface area contributed by atoms with Crippen LogP contribution in [0.3, 0.4) is 0 Å². The molecule has 0 saturated carbocycles. The number of ketones is 1. The number of hydrogen-bond acceptors (Lipinski definition) is 5. The third kappa shape index (κ3) is 4.51. The van der Waals surface area contributed by atoms with E-state index in [4.69, 9.17) is 9.15 Å². The van der Waals surface area contributed by atoms with Crippen LogP contribution in [0.1, 0.15) is 55.1 Å². The number of rotatable bonds is 8. The maximum absolute atomic E-state index is 13.2. The standard InChI is InChI=1S/C23H24N2O5/c1-4-29-23(28)21-15(2)20(16(3)24-21)19(26)14-25(13-18-11-8-12-30-18)22(27)17-9-6-5-7-10-17/h5-12,24H,4,13-14H2,1-3H3. The van der Waals surface area contributed by atoms with Gasteiger partial charge in [-0.2, -0.15) is 0 Å². The summed E-state index contributed by atoms with van der Waals surface area (Å²) in [6.07, 6.45) is 1.52. The number of carbonyl (C=O) groups is 3. The van der Waals surface area contributed by atoms with Crippen molar-refractivity contribution < 1.29 is 23.5 Å². The topological polar surface area (TPSA) is 92.6 Å². The summed E-state index contributed by atoms with van der Waals surface area (Å²) in [5.41, 5.74) is 2.20. The van der Waals surface area contributed by atoms with Crippen LogP contribution >= 0.6 is 0 Å². The van der Waals surface area contributed by atoms with E-state index in [-0.39, 0.29) is 37.1 Å². The van der Waals surface area contributed by atoms with Gasteiger partial charge in [-0.1, -0.05) is 18.2 Å². The molecule has 2 aromatic heterocycles. The van der Waals surface area contributed by atoms with Crippen LogP contribution in [-0.4, -0.2) is 40.7 Å². The summed E-state index contributed by atoms with van der Waals surface area (Å²) in [6, 6.07) is 12.2. The second-order valence-electron chi connectivity index (χ2n) is 6.88. The van der Waals surface area contributed by atoms with Crippen molar-refractivity contribution in [3.05, 3.63) is 82.6 Å². The summed E-state index contributed by atoms with van der Waals surface area (Å²) in [7, 11) is 0. The van der Waals surface area contributed by atoms with E-state index in [0.29, 0.717) is 28.1 Å². The highest BCUT2D eigenvalue weighted by molar-refractivity contribution is 6.05. The SMILES string of the molecule is CCOC(=O)c1[nH]c(C)c(C(=O)CN(Cc2ccco2)C(=O)c2ccccc2)c1C. The third-order valence-electron chi connectivity index (χ3n) is 4.77. The van der Waals surface area contributed by atoms with E-state index in [1.54, 1.807) is 57.2 Å². The van der Waals surface area contributed by atoms with Crippen molar-refractivity contribution in [2.24, 2.45) is 0 Å². The maximum Gasteiger partial charge on any atom is 0.355 e. The molecule has 0 atom stereocenters. The molecule has 0 aliphatic rings. The van der Waals surface area contributed by atoms with E-state index in [1.165, 1.54) is 11.2 Å². The van der Waals surface area contributed by atoms with Gasteiger partial charge in [0.05, 0.1) is 26.0 Å². The number of benzene rings is 1. The quantitative estimate of drug-likeness (QED) is 0.450. The molecule has 3 rings (SSSR count). The lowest BCUT2D eigenvalue weighted by atomic mass is 10.0. The van der Waals surface area contributed by atoms with Gasteiger partial charge in [0.15, 0.2) is 5.78 Å². The van der Waals surface area contributed by atoms with Gasteiger partial charge in [-0.25, -0.2) is 4.79 Å². The summed E-state index contributed by atoms with van der Waals surface area (Å²) >= 11 is 0. The summed E-state index contributed by atoms with van der Waals surface area (Å²) in [4.78, 5) is 42.7. The first-order chi connectivity index (χ1) is 14.4. The fourth-order valence-electron chi connectivity index (χ4n) is 3.38. The molecule has 1 amide bonds. The van der Waals surface area contributed by atoms with E-state index < -0.39 is 5.97 Å². The molecule has 7 heteroatoms. The summed E-state index contributed by atoms with van der Waals surface area (Å²) in [6.45, 7) is 5.37. The Morgan fingerprint density at radius 3 is 2.43 bits per heavy atom. The van der Waals surface area contributed by atoms with Crippen LogP contribution in [-0.2, 0) is 11.3 Å². The Morgan fingerprint density at radius 1 is 1.07 bits per heavy atom. The zero-order valence-electron chi connectivity index (χ0n) is 17.2. The number of aromatic nitrogens is 1. The monoisotopic (exact) mass is 408 g/mol. The van der Waals surface area contributed by atoms with Gasteiger partial charge in [0.1, 0.15) is 11.5 Å². The van der Waals surface area contributed by atoms with E-state index >= 15 is 0 Å². The molecule has 30 heavy (non-hydrogen) atoms. The van der Waals surface area contributed by atoms with Crippen LogP contribution in [0.5, 0.6) is 0 Å². The van der Waals surface area contributed by atoms with E-state index in [1.807, 2.05) is 6.07 Å². The third-order valence-corrected chi connectivity index (χ3v) is 4.77. The van der Waals surface area contributed by atoms with Crippen LogP contribution in [0.15, 0.2) is 53.1 Å². The number of aromatic amines is 1. The second kappa shape index (κ2) is 9.26. The molecule has 0 unspecified atom stereocenters. The molecular weight excluding hydrogens is 384 g/mol. The minimum Gasteiger partial charge on any atom is -0.467 e. The fourth-order valence-corrected chi connectivity index (χ4v) is 3.38. The Bertz CT molecular complexity index is 1040. The number of aryl methyl sites for hydroxylation is 1. The number of nitrogens with one attached hydrogen (secondary N) is 1. The zero-order valence-corrected chi connectivity index (χ0v) is 17.2. The largest absolute Gasteiger partial charge is 0.467 e. The van der Waals surface area contributed by atoms with Gasteiger partial charge in [-0.05, 0) is 50.6 Å². The first kappa shape index (κ1) is 21.1. The molecule has 1 N–H and O–H groups in total. The molecular formula is C23H24N2O5. The second-order valence-corrected chi connectivity index (χ2v) is 6.88. The van der Waals surface area contributed by atoms with Gasteiger partial charge < -0.3 is 19.0 Å². The number of H-pyrrole nitrogens is 1. The van der Waals surface area contributed by atoms with Gasteiger partial charge in [0.2, 0.25) is 0 Å².